The average Bonchev–Trinajstić information content (AvgIpc) is 2.59. The minimum atomic E-state index is -1.49. The van der Waals surface area contributed by atoms with Gasteiger partial charge in [0, 0.05) is 5.56 Å². The van der Waals surface area contributed by atoms with Crippen molar-refractivity contribution < 1.29 is 19.4 Å². The van der Waals surface area contributed by atoms with Crippen LogP contribution in [-0.4, -0.2) is 21.2 Å². The Hall–Kier alpha value is -3.12. The van der Waals surface area contributed by atoms with E-state index in [4.69, 9.17) is 26.2 Å². The van der Waals surface area contributed by atoms with Crippen molar-refractivity contribution in [2.45, 2.75) is 6.92 Å². The number of halogens is 1. The third-order valence-corrected chi connectivity index (χ3v) is 3.54. The standard InChI is InChI=1S/C18H13ClN2O4/c1-11-7-8-14(13(19)9-11)24-17-15(25-18(22)23)10-20-16(21-17)12-5-3-2-4-6-12/h2-10H,1H3,(H,22,23). The summed E-state index contributed by atoms with van der Waals surface area (Å²) in [6, 6.07) is 14.4. The first kappa shape index (κ1) is 16.7. The van der Waals surface area contributed by atoms with Crippen LogP contribution in [0.1, 0.15) is 5.56 Å². The minimum absolute atomic E-state index is 0.0398. The number of hydrogen-bond donors (Lipinski definition) is 1. The lowest BCUT2D eigenvalue weighted by atomic mass is 10.2. The topological polar surface area (TPSA) is 81.5 Å². The number of aryl methyl sites for hydroxylation is 1. The Labute approximate surface area is 148 Å². The van der Waals surface area contributed by atoms with Crippen molar-refractivity contribution in [3.63, 3.8) is 0 Å². The highest BCUT2D eigenvalue weighted by molar-refractivity contribution is 6.32. The van der Waals surface area contributed by atoms with E-state index in [1.165, 1.54) is 6.20 Å². The molecule has 6 nitrogen and oxygen atoms in total. The second kappa shape index (κ2) is 7.19. The highest BCUT2D eigenvalue weighted by Crippen LogP contribution is 2.35. The molecule has 0 aliphatic heterocycles. The average molecular weight is 357 g/mol. The van der Waals surface area contributed by atoms with Gasteiger partial charge < -0.3 is 14.6 Å². The Morgan fingerprint density at radius 1 is 1.12 bits per heavy atom. The Morgan fingerprint density at radius 3 is 2.56 bits per heavy atom. The molecule has 0 bridgehead atoms. The zero-order valence-corrected chi connectivity index (χ0v) is 13.9. The van der Waals surface area contributed by atoms with Crippen molar-refractivity contribution in [2.75, 3.05) is 0 Å². The van der Waals surface area contributed by atoms with Crippen LogP contribution in [0.5, 0.6) is 17.4 Å². The van der Waals surface area contributed by atoms with E-state index >= 15 is 0 Å². The summed E-state index contributed by atoms with van der Waals surface area (Å²) in [4.78, 5) is 19.3. The molecule has 126 valence electrons. The lowest BCUT2D eigenvalue weighted by molar-refractivity contribution is 0.142. The van der Waals surface area contributed by atoms with E-state index in [0.717, 1.165) is 11.1 Å². The first-order valence-electron chi connectivity index (χ1n) is 7.30. The molecule has 1 heterocycles. The Bertz CT molecular complexity index is 916. The van der Waals surface area contributed by atoms with Crippen molar-refractivity contribution in [1.82, 2.24) is 9.97 Å². The van der Waals surface area contributed by atoms with Gasteiger partial charge >= 0.3 is 6.16 Å². The second-order valence-corrected chi connectivity index (χ2v) is 5.54. The number of benzene rings is 2. The summed E-state index contributed by atoms with van der Waals surface area (Å²) in [5, 5.41) is 9.25. The molecule has 7 heteroatoms. The highest BCUT2D eigenvalue weighted by atomic mass is 35.5. The lowest BCUT2D eigenvalue weighted by Crippen LogP contribution is -2.06. The van der Waals surface area contributed by atoms with Gasteiger partial charge in [-0.2, -0.15) is 4.98 Å². The summed E-state index contributed by atoms with van der Waals surface area (Å²) in [6.45, 7) is 1.90. The molecule has 0 unspecified atom stereocenters. The van der Waals surface area contributed by atoms with Gasteiger partial charge in [-0.3, -0.25) is 0 Å². The summed E-state index contributed by atoms with van der Waals surface area (Å²) < 4.78 is 10.4. The summed E-state index contributed by atoms with van der Waals surface area (Å²) in [5.74, 6) is 0.544. The number of rotatable bonds is 4. The van der Waals surface area contributed by atoms with Crippen LogP contribution < -0.4 is 9.47 Å². The van der Waals surface area contributed by atoms with E-state index in [1.807, 2.05) is 43.3 Å². The van der Waals surface area contributed by atoms with Gasteiger partial charge in [0.05, 0.1) is 11.2 Å². The zero-order chi connectivity index (χ0) is 17.8. The fourth-order valence-electron chi connectivity index (χ4n) is 2.11. The minimum Gasteiger partial charge on any atom is -0.449 e. The molecule has 0 amide bonds. The molecule has 0 saturated carbocycles. The predicted molar refractivity (Wildman–Crippen MR) is 92.4 cm³/mol. The molecule has 1 aromatic heterocycles. The monoisotopic (exact) mass is 356 g/mol. The molecule has 0 radical (unpaired) electrons. The predicted octanol–water partition coefficient (Wildman–Crippen LogP) is 4.95. The van der Waals surface area contributed by atoms with E-state index < -0.39 is 6.16 Å². The van der Waals surface area contributed by atoms with Crippen LogP contribution in [0, 0.1) is 6.92 Å². The molecular formula is C18H13ClN2O4. The fraction of sp³-hybridized carbons (Fsp3) is 0.0556. The van der Waals surface area contributed by atoms with E-state index in [-0.39, 0.29) is 11.6 Å². The van der Waals surface area contributed by atoms with Crippen LogP contribution in [0.25, 0.3) is 11.4 Å². The molecule has 0 atom stereocenters. The van der Waals surface area contributed by atoms with Gasteiger partial charge in [0.15, 0.2) is 5.82 Å². The number of aromatic nitrogens is 2. The maximum Gasteiger partial charge on any atom is 0.511 e. The largest absolute Gasteiger partial charge is 0.511 e. The van der Waals surface area contributed by atoms with Crippen LogP contribution in [0.2, 0.25) is 5.02 Å². The van der Waals surface area contributed by atoms with Crippen molar-refractivity contribution >= 4 is 17.8 Å². The van der Waals surface area contributed by atoms with Crippen LogP contribution in [0.15, 0.2) is 54.7 Å². The zero-order valence-electron chi connectivity index (χ0n) is 13.1. The van der Waals surface area contributed by atoms with Crippen molar-refractivity contribution in [1.29, 1.82) is 0 Å². The van der Waals surface area contributed by atoms with Gasteiger partial charge in [0.1, 0.15) is 5.75 Å². The van der Waals surface area contributed by atoms with Crippen LogP contribution in [-0.2, 0) is 0 Å². The Kier molecular flexibility index (Phi) is 4.81. The SMILES string of the molecule is Cc1ccc(Oc2nc(-c3ccccc3)ncc2OC(=O)O)c(Cl)c1. The number of ether oxygens (including phenoxy) is 2. The summed E-state index contributed by atoms with van der Waals surface area (Å²) in [5.41, 5.74) is 1.72. The molecular weight excluding hydrogens is 344 g/mol. The highest BCUT2D eigenvalue weighted by Gasteiger charge is 2.16. The molecule has 1 N–H and O–H groups in total. The van der Waals surface area contributed by atoms with Gasteiger partial charge in [-0.1, -0.05) is 48.0 Å². The van der Waals surface area contributed by atoms with Crippen LogP contribution in [0.4, 0.5) is 4.79 Å². The number of carboxylic acid groups (broad SMARTS) is 1. The fourth-order valence-corrected chi connectivity index (χ4v) is 2.39. The Morgan fingerprint density at radius 2 is 1.88 bits per heavy atom. The van der Waals surface area contributed by atoms with Crippen molar-refractivity contribution in [3.05, 3.63) is 65.3 Å². The maximum absolute atomic E-state index is 10.9. The smallest absolute Gasteiger partial charge is 0.449 e. The van der Waals surface area contributed by atoms with Gasteiger partial charge in [0.2, 0.25) is 5.75 Å². The first-order valence-corrected chi connectivity index (χ1v) is 7.68. The van der Waals surface area contributed by atoms with E-state index in [1.54, 1.807) is 12.1 Å². The second-order valence-electron chi connectivity index (χ2n) is 5.13. The Balaban J connectivity index is 2.02. The molecule has 3 aromatic rings. The van der Waals surface area contributed by atoms with Gasteiger partial charge in [-0.25, -0.2) is 9.78 Å². The third-order valence-electron chi connectivity index (χ3n) is 3.25. The molecule has 2 aromatic carbocycles. The molecule has 3 rings (SSSR count). The first-order chi connectivity index (χ1) is 12.0. The van der Waals surface area contributed by atoms with Crippen LogP contribution in [0.3, 0.4) is 0 Å². The van der Waals surface area contributed by atoms with E-state index in [9.17, 15) is 4.79 Å². The lowest BCUT2D eigenvalue weighted by Gasteiger charge is -2.11. The van der Waals surface area contributed by atoms with Crippen LogP contribution >= 0.6 is 11.6 Å². The quantitative estimate of drug-likeness (QED) is 0.666. The van der Waals surface area contributed by atoms with Crippen molar-refractivity contribution in [2.24, 2.45) is 0 Å². The molecule has 0 aliphatic carbocycles. The number of nitrogens with zero attached hydrogens (tertiary/aromatic N) is 2. The maximum atomic E-state index is 10.9. The van der Waals surface area contributed by atoms with E-state index in [0.29, 0.717) is 16.6 Å². The molecule has 0 saturated heterocycles. The summed E-state index contributed by atoms with van der Waals surface area (Å²) in [6.07, 6.45) is -0.239. The number of hydrogen-bond acceptors (Lipinski definition) is 5. The molecule has 0 fully saturated rings. The third kappa shape index (κ3) is 4.05. The van der Waals surface area contributed by atoms with Gasteiger partial charge in [-0.15, -0.1) is 0 Å². The summed E-state index contributed by atoms with van der Waals surface area (Å²) >= 11 is 6.17. The van der Waals surface area contributed by atoms with E-state index in [2.05, 4.69) is 9.97 Å². The van der Waals surface area contributed by atoms with Gasteiger partial charge in [-0.05, 0) is 24.6 Å². The van der Waals surface area contributed by atoms with Gasteiger partial charge in [0.25, 0.3) is 5.88 Å². The normalized spacial score (nSPS) is 10.3. The number of carbonyl (C=O) groups is 1. The molecule has 25 heavy (non-hydrogen) atoms. The molecule has 0 aliphatic rings. The summed E-state index contributed by atoms with van der Waals surface area (Å²) in [7, 11) is 0. The molecule has 0 spiro atoms. The van der Waals surface area contributed by atoms with Crippen molar-refractivity contribution in [3.8, 4) is 28.8 Å².